The zero-order valence-electron chi connectivity index (χ0n) is 9.83. The molecular formula is C10H20N2O3. The normalized spacial score (nSPS) is 11.5. The predicted octanol–water partition coefficient (Wildman–Crippen LogP) is 0.165. The third-order valence-electron chi connectivity index (χ3n) is 1.82. The van der Waals surface area contributed by atoms with Crippen molar-refractivity contribution in [2.45, 2.75) is 20.3 Å². The van der Waals surface area contributed by atoms with E-state index in [1.807, 2.05) is 32.8 Å². The molecule has 0 saturated carbocycles. The van der Waals surface area contributed by atoms with Gasteiger partial charge in [0.05, 0.1) is 0 Å². The molecule has 0 aliphatic carbocycles. The largest absolute Gasteiger partial charge is 0.481 e. The second-order valence-electron chi connectivity index (χ2n) is 4.75. The summed E-state index contributed by atoms with van der Waals surface area (Å²) < 4.78 is 0. The van der Waals surface area contributed by atoms with Gasteiger partial charge in [0, 0.05) is 13.1 Å². The number of carbonyl (C=O) groups excluding carboxylic acids is 1. The maximum absolute atomic E-state index is 11.1. The first-order chi connectivity index (χ1) is 6.73. The van der Waals surface area contributed by atoms with Gasteiger partial charge in [0.25, 0.3) is 0 Å². The van der Waals surface area contributed by atoms with Crippen molar-refractivity contribution in [1.29, 1.82) is 0 Å². The van der Waals surface area contributed by atoms with E-state index in [0.717, 1.165) is 6.54 Å². The highest BCUT2D eigenvalue weighted by Gasteiger charge is 2.20. The van der Waals surface area contributed by atoms with E-state index in [1.165, 1.54) is 0 Å². The van der Waals surface area contributed by atoms with Crippen LogP contribution in [-0.2, 0) is 9.59 Å². The van der Waals surface area contributed by atoms with Crippen molar-refractivity contribution in [3.05, 3.63) is 0 Å². The standard InChI is InChI=1S/C10H20N2O3/c1-10(2,7-12(3)4)6-11-8(13)5-9(14)15/h5-7H2,1-4H3,(H,11,13)(H,14,15). The number of carboxylic acid groups (broad SMARTS) is 1. The summed E-state index contributed by atoms with van der Waals surface area (Å²) >= 11 is 0. The lowest BCUT2D eigenvalue weighted by Gasteiger charge is -2.28. The Morgan fingerprint density at radius 2 is 1.87 bits per heavy atom. The Kier molecular flexibility index (Phi) is 5.28. The Morgan fingerprint density at radius 3 is 2.27 bits per heavy atom. The van der Waals surface area contributed by atoms with E-state index in [-0.39, 0.29) is 5.41 Å². The van der Waals surface area contributed by atoms with Crippen LogP contribution >= 0.6 is 0 Å². The van der Waals surface area contributed by atoms with Crippen LogP contribution < -0.4 is 5.32 Å². The molecule has 0 aliphatic rings. The molecule has 15 heavy (non-hydrogen) atoms. The highest BCUT2D eigenvalue weighted by Crippen LogP contribution is 2.13. The molecule has 0 saturated heterocycles. The molecule has 0 fully saturated rings. The minimum absolute atomic E-state index is 0.0579. The molecule has 5 heteroatoms. The van der Waals surface area contributed by atoms with Crippen molar-refractivity contribution in [3.63, 3.8) is 0 Å². The van der Waals surface area contributed by atoms with E-state index in [1.54, 1.807) is 0 Å². The van der Waals surface area contributed by atoms with Crippen molar-refractivity contribution in [1.82, 2.24) is 10.2 Å². The molecular weight excluding hydrogens is 196 g/mol. The van der Waals surface area contributed by atoms with Crippen molar-refractivity contribution in [3.8, 4) is 0 Å². The van der Waals surface area contributed by atoms with Crippen LogP contribution in [0.5, 0.6) is 0 Å². The van der Waals surface area contributed by atoms with E-state index in [4.69, 9.17) is 5.11 Å². The summed E-state index contributed by atoms with van der Waals surface area (Å²) in [7, 11) is 3.92. The Bertz CT molecular complexity index is 237. The Labute approximate surface area is 90.5 Å². The van der Waals surface area contributed by atoms with Gasteiger partial charge < -0.3 is 15.3 Å². The summed E-state index contributed by atoms with van der Waals surface area (Å²) in [4.78, 5) is 23.4. The molecule has 2 N–H and O–H groups in total. The first-order valence-corrected chi connectivity index (χ1v) is 4.86. The number of carboxylic acids is 1. The second kappa shape index (κ2) is 5.70. The number of carbonyl (C=O) groups is 2. The number of nitrogens with zero attached hydrogens (tertiary/aromatic N) is 1. The number of hydrogen-bond donors (Lipinski definition) is 2. The molecule has 1 amide bonds. The van der Waals surface area contributed by atoms with E-state index in [9.17, 15) is 9.59 Å². The Hall–Kier alpha value is -1.10. The fourth-order valence-corrected chi connectivity index (χ4v) is 1.45. The number of rotatable bonds is 6. The van der Waals surface area contributed by atoms with Crippen molar-refractivity contribution in [2.75, 3.05) is 27.2 Å². The zero-order chi connectivity index (χ0) is 12.1. The van der Waals surface area contributed by atoms with Crippen LogP contribution in [0.1, 0.15) is 20.3 Å². The first-order valence-electron chi connectivity index (χ1n) is 4.86. The average Bonchev–Trinajstić information content (AvgIpc) is 1.97. The fraction of sp³-hybridized carbons (Fsp3) is 0.800. The minimum Gasteiger partial charge on any atom is -0.481 e. The predicted molar refractivity (Wildman–Crippen MR) is 57.6 cm³/mol. The van der Waals surface area contributed by atoms with E-state index in [0.29, 0.717) is 6.54 Å². The molecule has 0 aliphatic heterocycles. The lowest BCUT2D eigenvalue weighted by Crippen LogP contribution is -2.40. The topological polar surface area (TPSA) is 69.6 Å². The molecule has 0 unspecified atom stereocenters. The maximum Gasteiger partial charge on any atom is 0.312 e. The van der Waals surface area contributed by atoms with E-state index in [2.05, 4.69) is 5.32 Å². The fourth-order valence-electron chi connectivity index (χ4n) is 1.45. The molecule has 88 valence electrons. The number of amides is 1. The van der Waals surface area contributed by atoms with Gasteiger partial charge in [0.15, 0.2) is 0 Å². The van der Waals surface area contributed by atoms with Gasteiger partial charge in [-0.05, 0) is 19.5 Å². The van der Waals surface area contributed by atoms with Gasteiger partial charge >= 0.3 is 5.97 Å². The van der Waals surface area contributed by atoms with Crippen molar-refractivity contribution in [2.24, 2.45) is 5.41 Å². The van der Waals surface area contributed by atoms with Crippen LogP contribution in [0.4, 0.5) is 0 Å². The minimum atomic E-state index is -1.10. The molecule has 0 spiro atoms. The molecule has 0 atom stereocenters. The summed E-state index contributed by atoms with van der Waals surface area (Å²) in [5.74, 6) is -1.53. The summed E-state index contributed by atoms with van der Waals surface area (Å²) in [6.45, 7) is 5.36. The van der Waals surface area contributed by atoms with Gasteiger partial charge in [-0.1, -0.05) is 13.8 Å². The van der Waals surface area contributed by atoms with E-state index < -0.39 is 18.3 Å². The van der Waals surface area contributed by atoms with Crippen molar-refractivity contribution >= 4 is 11.9 Å². The number of aliphatic carboxylic acids is 1. The van der Waals surface area contributed by atoms with Gasteiger partial charge in [-0.2, -0.15) is 0 Å². The molecule has 0 radical (unpaired) electrons. The number of hydrogen-bond acceptors (Lipinski definition) is 3. The SMILES string of the molecule is CN(C)CC(C)(C)CNC(=O)CC(=O)O. The lowest BCUT2D eigenvalue weighted by molar-refractivity contribution is -0.140. The van der Waals surface area contributed by atoms with Crippen LogP contribution in [0, 0.1) is 5.41 Å². The molecule has 0 aromatic carbocycles. The van der Waals surface area contributed by atoms with Crippen LogP contribution in [0.15, 0.2) is 0 Å². The third-order valence-corrected chi connectivity index (χ3v) is 1.82. The van der Waals surface area contributed by atoms with Gasteiger partial charge in [0.1, 0.15) is 6.42 Å². The zero-order valence-corrected chi connectivity index (χ0v) is 9.83. The van der Waals surface area contributed by atoms with Gasteiger partial charge in [-0.15, -0.1) is 0 Å². The van der Waals surface area contributed by atoms with Gasteiger partial charge in [-0.3, -0.25) is 9.59 Å². The molecule has 0 aromatic heterocycles. The second-order valence-corrected chi connectivity index (χ2v) is 4.75. The summed E-state index contributed by atoms with van der Waals surface area (Å²) in [5, 5.41) is 11.0. The molecule has 0 aromatic rings. The first kappa shape index (κ1) is 13.9. The van der Waals surface area contributed by atoms with Gasteiger partial charge in [-0.25, -0.2) is 0 Å². The third kappa shape index (κ3) is 7.93. The quantitative estimate of drug-likeness (QED) is 0.621. The maximum atomic E-state index is 11.1. The molecule has 0 heterocycles. The number of nitrogens with one attached hydrogen (secondary N) is 1. The summed E-state index contributed by atoms with van der Waals surface area (Å²) in [6.07, 6.45) is -0.460. The Morgan fingerprint density at radius 1 is 1.33 bits per heavy atom. The molecule has 5 nitrogen and oxygen atoms in total. The summed E-state index contributed by atoms with van der Waals surface area (Å²) in [6, 6.07) is 0. The molecule has 0 bridgehead atoms. The van der Waals surface area contributed by atoms with Crippen LogP contribution in [-0.4, -0.2) is 49.1 Å². The summed E-state index contributed by atoms with van der Waals surface area (Å²) in [5.41, 5.74) is -0.0579. The van der Waals surface area contributed by atoms with Crippen LogP contribution in [0.25, 0.3) is 0 Å². The van der Waals surface area contributed by atoms with Crippen LogP contribution in [0.2, 0.25) is 0 Å². The van der Waals surface area contributed by atoms with Gasteiger partial charge in [0.2, 0.25) is 5.91 Å². The Balaban J connectivity index is 3.92. The average molecular weight is 216 g/mol. The van der Waals surface area contributed by atoms with E-state index >= 15 is 0 Å². The lowest BCUT2D eigenvalue weighted by atomic mass is 9.93. The highest BCUT2D eigenvalue weighted by molar-refractivity contribution is 5.93. The molecule has 0 rings (SSSR count). The highest BCUT2D eigenvalue weighted by atomic mass is 16.4. The van der Waals surface area contributed by atoms with Crippen LogP contribution in [0.3, 0.4) is 0 Å². The smallest absolute Gasteiger partial charge is 0.312 e. The van der Waals surface area contributed by atoms with Crippen molar-refractivity contribution < 1.29 is 14.7 Å². The monoisotopic (exact) mass is 216 g/mol.